The van der Waals surface area contributed by atoms with Gasteiger partial charge in [0.25, 0.3) is 5.56 Å². The van der Waals surface area contributed by atoms with Crippen LogP contribution in [0, 0.1) is 5.92 Å². The van der Waals surface area contributed by atoms with E-state index in [0.717, 1.165) is 62.5 Å². The highest BCUT2D eigenvalue weighted by atomic mass is 16.2. The lowest BCUT2D eigenvalue weighted by atomic mass is 9.95. The van der Waals surface area contributed by atoms with E-state index in [1.165, 1.54) is 5.56 Å². The standard InChI is InChI=1S/C29H34N4O2/c1-2-3-6-15-27-30-26-16-17-32(21-25(26)29(35)33(27)24-13-9-5-10-14-24)28(34)23-19-31(20-23)18-22-11-7-4-8-12-22/h4-5,7-14,23H,2-3,6,15-21H2,1H3. The van der Waals surface area contributed by atoms with Gasteiger partial charge in [0, 0.05) is 39.0 Å². The van der Waals surface area contributed by atoms with Gasteiger partial charge in [0.2, 0.25) is 5.91 Å². The minimum atomic E-state index is -0.0236. The SMILES string of the molecule is CCCCCc1nc2c(c(=O)n1-c1ccccc1)CN(C(=O)C1CN(Cc3ccccc3)C1)CC2. The number of unbranched alkanes of at least 4 members (excludes halogenated alkanes) is 2. The van der Waals surface area contributed by atoms with Gasteiger partial charge in [-0.15, -0.1) is 0 Å². The van der Waals surface area contributed by atoms with Crippen molar-refractivity contribution in [3.63, 3.8) is 0 Å². The molecule has 0 spiro atoms. The summed E-state index contributed by atoms with van der Waals surface area (Å²) in [5.41, 5.74) is 3.64. The van der Waals surface area contributed by atoms with E-state index in [9.17, 15) is 9.59 Å². The number of nitrogens with zero attached hydrogens (tertiary/aromatic N) is 4. The Balaban J connectivity index is 1.32. The van der Waals surface area contributed by atoms with Crippen LogP contribution in [0.25, 0.3) is 5.69 Å². The van der Waals surface area contributed by atoms with Crippen LogP contribution in [0.4, 0.5) is 0 Å². The highest BCUT2D eigenvalue weighted by Gasteiger charge is 2.37. The maximum Gasteiger partial charge on any atom is 0.263 e. The van der Waals surface area contributed by atoms with Gasteiger partial charge in [0.15, 0.2) is 0 Å². The average molecular weight is 471 g/mol. The molecule has 2 aliphatic rings. The third-order valence-electron chi connectivity index (χ3n) is 7.18. The third-order valence-corrected chi connectivity index (χ3v) is 7.18. The quantitative estimate of drug-likeness (QED) is 0.467. The summed E-state index contributed by atoms with van der Waals surface area (Å²) in [6.45, 7) is 5.60. The number of aryl methyl sites for hydroxylation is 1. The van der Waals surface area contributed by atoms with E-state index in [1.807, 2.05) is 41.3 Å². The monoisotopic (exact) mass is 470 g/mol. The summed E-state index contributed by atoms with van der Waals surface area (Å²) in [6.07, 6.45) is 4.69. The van der Waals surface area contributed by atoms with Crippen LogP contribution in [0.1, 0.15) is 48.8 Å². The average Bonchev–Trinajstić information content (AvgIpc) is 2.87. The number of benzene rings is 2. The van der Waals surface area contributed by atoms with Crippen molar-refractivity contribution in [2.24, 2.45) is 5.92 Å². The smallest absolute Gasteiger partial charge is 0.263 e. The van der Waals surface area contributed by atoms with Crippen LogP contribution >= 0.6 is 0 Å². The van der Waals surface area contributed by atoms with Crippen LogP contribution in [0.5, 0.6) is 0 Å². The van der Waals surface area contributed by atoms with Crippen molar-refractivity contribution in [3.8, 4) is 5.69 Å². The predicted molar refractivity (Wildman–Crippen MR) is 137 cm³/mol. The van der Waals surface area contributed by atoms with Crippen LogP contribution in [0.2, 0.25) is 0 Å². The van der Waals surface area contributed by atoms with Gasteiger partial charge >= 0.3 is 0 Å². The third kappa shape index (κ3) is 5.08. The summed E-state index contributed by atoms with van der Waals surface area (Å²) in [6, 6.07) is 20.1. The zero-order chi connectivity index (χ0) is 24.2. The van der Waals surface area contributed by atoms with E-state index in [1.54, 1.807) is 4.57 Å². The second-order valence-corrected chi connectivity index (χ2v) is 9.77. The molecule has 1 fully saturated rings. The number of amides is 1. The summed E-state index contributed by atoms with van der Waals surface area (Å²) in [4.78, 5) is 36.1. The Morgan fingerprint density at radius 1 is 1.00 bits per heavy atom. The highest BCUT2D eigenvalue weighted by Crippen LogP contribution is 2.24. The fraction of sp³-hybridized carbons (Fsp3) is 0.414. The van der Waals surface area contributed by atoms with E-state index in [0.29, 0.717) is 25.1 Å². The Hall–Kier alpha value is -3.25. The zero-order valence-electron chi connectivity index (χ0n) is 20.5. The van der Waals surface area contributed by atoms with Crippen molar-refractivity contribution in [2.75, 3.05) is 19.6 Å². The van der Waals surface area contributed by atoms with Crippen LogP contribution in [-0.4, -0.2) is 44.9 Å². The summed E-state index contributed by atoms with van der Waals surface area (Å²) in [5, 5.41) is 0. The van der Waals surface area contributed by atoms with Gasteiger partial charge in [-0.2, -0.15) is 0 Å². The van der Waals surface area contributed by atoms with Crippen LogP contribution < -0.4 is 5.56 Å². The molecule has 6 heteroatoms. The molecule has 1 amide bonds. The topological polar surface area (TPSA) is 58.4 Å². The lowest BCUT2D eigenvalue weighted by Crippen LogP contribution is -2.55. The first-order chi connectivity index (χ1) is 17.1. The molecular formula is C29H34N4O2. The Morgan fingerprint density at radius 3 is 2.43 bits per heavy atom. The first kappa shape index (κ1) is 23.5. The normalized spacial score (nSPS) is 16.1. The summed E-state index contributed by atoms with van der Waals surface area (Å²) in [7, 11) is 0. The fourth-order valence-electron chi connectivity index (χ4n) is 5.21. The molecule has 0 saturated carbocycles. The Morgan fingerprint density at radius 2 is 1.71 bits per heavy atom. The van der Waals surface area contributed by atoms with Crippen molar-refractivity contribution >= 4 is 5.91 Å². The van der Waals surface area contributed by atoms with E-state index < -0.39 is 0 Å². The molecule has 3 heterocycles. The maximum atomic E-state index is 13.7. The number of rotatable bonds is 8. The second kappa shape index (κ2) is 10.6. The van der Waals surface area contributed by atoms with Crippen molar-refractivity contribution in [1.29, 1.82) is 0 Å². The van der Waals surface area contributed by atoms with Crippen molar-refractivity contribution in [2.45, 2.75) is 52.1 Å². The molecule has 1 aromatic heterocycles. The molecule has 6 nitrogen and oxygen atoms in total. The number of hydrogen-bond donors (Lipinski definition) is 0. The first-order valence-electron chi connectivity index (χ1n) is 12.9. The zero-order valence-corrected chi connectivity index (χ0v) is 20.5. The number of likely N-dealkylation sites (tertiary alicyclic amines) is 1. The van der Waals surface area contributed by atoms with Gasteiger partial charge in [-0.25, -0.2) is 4.98 Å². The van der Waals surface area contributed by atoms with Gasteiger partial charge in [0.1, 0.15) is 5.82 Å². The van der Waals surface area contributed by atoms with E-state index in [4.69, 9.17) is 4.98 Å². The molecule has 0 N–H and O–H groups in total. The molecule has 0 atom stereocenters. The minimum absolute atomic E-state index is 0.0119. The first-order valence-corrected chi connectivity index (χ1v) is 12.9. The lowest BCUT2D eigenvalue weighted by molar-refractivity contribution is -0.142. The van der Waals surface area contributed by atoms with Gasteiger partial charge in [-0.1, -0.05) is 68.3 Å². The van der Waals surface area contributed by atoms with E-state index in [2.05, 4.69) is 36.1 Å². The summed E-state index contributed by atoms with van der Waals surface area (Å²) >= 11 is 0. The molecular weight excluding hydrogens is 436 g/mol. The Kier molecular flexibility index (Phi) is 7.09. The number of hydrogen-bond acceptors (Lipinski definition) is 4. The molecule has 35 heavy (non-hydrogen) atoms. The van der Waals surface area contributed by atoms with Gasteiger partial charge < -0.3 is 4.90 Å². The van der Waals surface area contributed by atoms with Crippen LogP contribution in [0.15, 0.2) is 65.5 Å². The van der Waals surface area contributed by atoms with Gasteiger partial charge in [-0.05, 0) is 24.1 Å². The maximum absolute atomic E-state index is 13.7. The van der Waals surface area contributed by atoms with E-state index in [-0.39, 0.29) is 17.4 Å². The Bertz CT molecular complexity index is 1220. The van der Waals surface area contributed by atoms with Crippen molar-refractivity contribution in [3.05, 3.63) is 93.7 Å². The molecule has 5 rings (SSSR count). The van der Waals surface area contributed by atoms with E-state index >= 15 is 0 Å². The number of carbonyl (C=O) groups is 1. The van der Waals surface area contributed by atoms with Crippen molar-refractivity contribution in [1.82, 2.24) is 19.4 Å². The molecule has 0 unspecified atom stereocenters. The molecule has 1 saturated heterocycles. The number of para-hydroxylation sites is 1. The largest absolute Gasteiger partial charge is 0.337 e. The molecule has 3 aromatic rings. The Labute approximate surface area is 207 Å². The van der Waals surface area contributed by atoms with Gasteiger partial charge in [-0.3, -0.25) is 19.1 Å². The van der Waals surface area contributed by atoms with Crippen molar-refractivity contribution < 1.29 is 4.79 Å². The van der Waals surface area contributed by atoms with Gasteiger partial charge in [0.05, 0.1) is 29.4 Å². The minimum Gasteiger partial charge on any atom is -0.337 e. The molecule has 2 aromatic carbocycles. The lowest BCUT2D eigenvalue weighted by Gasteiger charge is -2.41. The van der Waals surface area contributed by atoms with Crippen LogP contribution in [-0.2, 0) is 30.7 Å². The number of aromatic nitrogens is 2. The summed E-state index contributed by atoms with van der Waals surface area (Å²) < 4.78 is 1.77. The molecule has 0 bridgehead atoms. The highest BCUT2D eigenvalue weighted by molar-refractivity contribution is 5.80. The fourth-order valence-corrected chi connectivity index (χ4v) is 5.21. The molecule has 0 aliphatic carbocycles. The molecule has 2 aliphatic heterocycles. The molecule has 0 radical (unpaired) electrons. The summed E-state index contributed by atoms with van der Waals surface area (Å²) in [5.74, 6) is 1.01. The van der Waals surface area contributed by atoms with Crippen LogP contribution in [0.3, 0.4) is 0 Å². The molecule has 182 valence electrons. The predicted octanol–water partition coefficient (Wildman–Crippen LogP) is 3.98. The number of fused-ring (bicyclic) bond motifs is 1. The number of carbonyl (C=O) groups excluding carboxylic acids is 1. The second-order valence-electron chi connectivity index (χ2n) is 9.77.